The molecular weight excluding hydrogens is 335 g/mol. The first kappa shape index (κ1) is 16.1. The van der Waals surface area contributed by atoms with E-state index in [-0.39, 0.29) is 16.8 Å². The Hall–Kier alpha value is -1.80. The van der Waals surface area contributed by atoms with E-state index in [1.54, 1.807) is 24.3 Å². The average Bonchev–Trinajstić information content (AvgIpc) is 2.58. The van der Waals surface area contributed by atoms with Crippen LogP contribution in [-0.4, -0.2) is 16.4 Å². The highest BCUT2D eigenvalue weighted by Gasteiger charge is 2.19. The van der Waals surface area contributed by atoms with Crippen LogP contribution in [0.1, 0.15) is 36.6 Å². The van der Waals surface area contributed by atoms with Gasteiger partial charge in [-0.2, -0.15) is 9.78 Å². The maximum Gasteiger partial charge on any atom is 0.289 e. The zero-order chi connectivity index (χ0) is 16.2. The van der Waals surface area contributed by atoms with Gasteiger partial charge in [-0.25, -0.2) is 0 Å². The quantitative estimate of drug-likeness (QED) is 0.739. The molecule has 1 aromatic carbocycles. The summed E-state index contributed by atoms with van der Waals surface area (Å²) in [7, 11) is 0. The fourth-order valence-electron chi connectivity index (χ4n) is 2.33. The van der Waals surface area contributed by atoms with Crippen molar-refractivity contribution in [1.29, 1.82) is 0 Å². The van der Waals surface area contributed by atoms with Crippen molar-refractivity contribution in [3.05, 3.63) is 62.0 Å². The van der Waals surface area contributed by atoms with Gasteiger partial charge in [-0.1, -0.05) is 35.0 Å². The molecule has 2 heterocycles. The van der Waals surface area contributed by atoms with Crippen LogP contribution >= 0.6 is 23.2 Å². The second-order valence-electron chi connectivity index (χ2n) is 5.20. The zero-order valence-corrected chi connectivity index (χ0v) is 13.8. The van der Waals surface area contributed by atoms with Gasteiger partial charge in [-0.15, -0.1) is 0 Å². The van der Waals surface area contributed by atoms with E-state index >= 15 is 0 Å². The van der Waals surface area contributed by atoms with E-state index in [9.17, 15) is 4.79 Å². The number of benzene rings is 1. The molecule has 1 saturated heterocycles. The molecule has 23 heavy (non-hydrogen) atoms. The van der Waals surface area contributed by atoms with Gasteiger partial charge in [0.15, 0.2) is 6.23 Å². The third-order valence-electron chi connectivity index (χ3n) is 3.56. The summed E-state index contributed by atoms with van der Waals surface area (Å²) in [6.07, 6.45) is 3.94. The molecule has 1 aromatic heterocycles. The number of halogens is 2. The minimum atomic E-state index is -0.374. The maximum atomic E-state index is 12.3. The summed E-state index contributed by atoms with van der Waals surface area (Å²) in [5.74, 6) is 5.82. The van der Waals surface area contributed by atoms with E-state index in [0.29, 0.717) is 17.2 Å². The number of nitrogens with zero attached hydrogens (tertiary/aromatic N) is 2. The van der Waals surface area contributed by atoms with Gasteiger partial charge in [-0.05, 0) is 43.5 Å². The number of ether oxygens (including phenoxy) is 1. The number of hydrogen-bond acceptors (Lipinski definition) is 3. The highest BCUT2D eigenvalue weighted by molar-refractivity contribution is 6.31. The molecule has 1 atom stereocenters. The monoisotopic (exact) mass is 348 g/mol. The van der Waals surface area contributed by atoms with E-state index in [0.717, 1.165) is 24.8 Å². The average molecular weight is 349 g/mol. The zero-order valence-electron chi connectivity index (χ0n) is 12.3. The van der Waals surface area contributed by atoms with E-state index in [1.165, 1.54) is 10.9 Å². The lowest BCUT2D eigenvalue weighted by molar-refractivity contribution is -0.0424. The lowest BCUT2D eigenvalue weighted by Crippen LogP contribution is -2.31. The molecule has 1 aliphatic rings. The molecule has 0 radical (unpaired) electrons. The highest BCUT2D eigenvalue weighted by Crippen LogP contribution is 2.21. The molecule has 0 spiro atoms. The van der Waals surface area contributed by atoms with E-state index < -0.39 is 0 Å². The molecule has 1 fully saturated rings. The van der Waals surface area contributed by atoms with Gasteiger partial charge in [0.2, 0.25) is 0 Å². The molecule has 0 bridgehead atoms. The highest BCUT2D eigenvalue weighted by atomic mass is 35.5. The number of rotatable bonds is 1. The Bertz CT molecular complexity index is 813. The fraction of sp³-hybridized carbons (Fsp3) is 0.294. The predicted octanol–water partition coefficient (Wildman–Crippen LogP) is 3.65. The van der Waals surface area contributed by atoms with Crippen LogP contribution in [0.3, 0.4) is 0 Å². The molecule has 118 valence electrons. The van der Waals surface area contributed by atoms with Crippen molar-refractivity contribution >= 4 is 23.2 Å². The van der Waals surface area contributed by atoms with E-state index in [1.807, 2.05) is 0 Å². The molecule has 0 N–H and O–H groups in total. The smallest absolute Gasteiger partial charge is 0.289 e. The van der Waals surface area contributed by atoms with Crippen molar-refractivity contribution in [1.82, 2.24) is 9.78 Å². The summed E-state index contributed by atoms with van der Waals surface area (Å²) < 4.78 is 6.87. The molecule has 3 rings (SSSR count). The number of hydrogen-bond donors (Lipinski definition) is 0. The first-order chi connectivity index (χ1) is 11.1. The van der Waals surface area contributed by atoms with Crippen molar-refractivity contribution in [3.8, 4) is 11.8 Å². The normalized spacial score (nSPS) is 17.4. The van der Waals surface area contributed by atoms with Gasteiger partial charge in [0.1, 0.15) is 5.02 Å². The second kappa shape index (κ2) is 7.18. The maximum absolute atomic E-state index is 12.3. The van der Waals surface area contributed by atoms with Crippen LogP contribution in [0.5, 0.6) is 0 Å². The minimum Gasteiger partial charge on any atom is -0.356 e. The van der Waals surface area contributed by atoms with Gasteiger partial charge in [0.05, 0.1) is 11.8 Å². The fourth-order valence-corrected chi connectivity index (χ4v) is 2.64. The lowest BCUT2D eigenvalue weighted by atomic mass is 10.2. The number of aromatic nitrogens is 2. The summed E-state index contributed by atoms with van der Waals surface area (Å²) in [6.45, 7) is 0.633. The van der Waals surface area contributed by atoms with Gasteiger partial charge >= 0.3 is 0 Å². The third kappa shape index (κ3) is 3.76. The summed E-state index contributed by atoms with van der Waals surface area (Å²) >= 11 is 12.0. The van der Waals surface area contributed by atoms with Crippen molar-refractivity contribution in [2.75, 3.05) is 6.61 Å². The minimum absolute atomic E-state index is 0.0654. The summed E-state index contributed by atoms with van der Waals surface area (Å²) in [4.78, 5) is 12.3. The van der Waals surface area contributed by atoms with Crippen LogP contribution in [0.15, 0.2) is 35.3 Å². The first-order valence-corrected chi connectivity index (χ1v) is 8.07. The SMILES string of the molecule is O=c1c(Cl)c(C#Cc2ccc(Cl)cc2)cnn1C1CCCCO1. The lowest BCUT2D eigenvalue weighted by Gasteiger charge is -2.23. The second-order valence-corrected chi connectivity index (χ2v) is 6.01. The van der Waals surface area contributed by atoms with Crippen LogP contribution < -0.4 is 5.56 Å². The summed E-state index contributed by atoms with van der Waals surface area (Å²) in [5.41, 5.74) is 0.811. The Morgan fingerprint density at radius 1 is 1.17 bits per heavy atom. The van der Waals surface area contributed by atoms with Crippen molar-refractivity contribution in [2.24, 2.45) is 0 Å². The summed E-state index contributed by atoms with van der Waals surface area (Å²) in [6, 6.07) is 7.11. The molecule has 6 heteroatoms. The van der Waals surface area contributed by atoms with Crippen LogP contribution in [-0.2, 0) is 4.74 Å². The topological polar surface area (TPSA) is 44.1 Å². The van der Waals surface area contributed by atoms with Crippen molar-refractivity contribution < 1.29 is 4.74 Å². The van der Waals surface area contributed by atoms with Gasteiger partial charge in [-0.3, -0.25) is 4.79 Å². The Balaban J connectivity index is 1.88. The Morgan fingerprint density at radius 2 is 1.96 bits per heavy atom. The van der Waals surface area contributed by atoms with Crippen LogP contribution in [0.25, 0.3) is 0 Å². The predicted molar refractivity (Wildman–Crippen MR) is 89.8 cm³/mol. The third-order valence-corrected chi connectivity index (χ3v) is 4.17. The molecule has 0 saturated carbocycles. The van der Waals surface area contributed by atoms with Crippen LogP contribution in [0.4, 0.5) is 0 Å². The van der Waals surface area contributed by atoms with E-state index in [4.69, 9.17) is 27.9 Å². The first-order valence-electron chi connectivity index (χ1n) is 7.31. The van der Waals surface area contributed by atoms with Gasteiger partial charge < -0.3 is 4.74 Å². The van der Waals surface area contributed by atoms with Crippen molar-refractivity contribution in [2.45, 2.75) is 25.5 Å². The van der Waals surface area contributed by atoms with E-state index in [2.05, 4.69) is 16.9 Å². The molecular formula is C17H14Cl2N2O2. The molecule has 2 aromatic rings. The summed E-state index contributed by atoms with van der Waals surface area (Å²) in [5, 5.41) is 4.87. The Kier molecular flexibility index (Phi) is 5.02. The Labute approximate surface area is 144 Å². The molecule has 4 nitrogen and oxygen atoms in total. The molecule has 1 aliphatic heterocycles. The standard InChI is InChI=1S/C17H14Cl2N2O2/c18-14-8-5-12(6-9-14)4-7-13-11-20-21(17(22)16(13)19)15-3-1-2-10-23-15/h5-6,8-9,11,15H,1-3,10H2. The van der Waals surface area contributed by atoms with Crippen LogP contribution in [0, 0.1) is 11.8 Å². The molecule has 0 amide bonds. The van der Waals surface area contributed by atoms with Gasteiger partial charge in [0, 0.05) is 17.2 Å². The molecule has 1 unspecified atom stereocenters. The van der Waals surface area contributed by atoms with Crippen molar-refractivity contribution in [3.63, 3.8) is 0 Å². The molecule has 0 aliphatic carbocycles. The van der Waals surface area contributed by atoms with Crippen LogP contribution in [0.2, 0.25) is 10.0 Å². The largest absolute Gasteiger partial charge is 0.356 e. The van der Waals surface area contributed by atoms with Gasteiger partial charge in [0.25, 0.3) is 5.56 Å². The Morgan fingerprint density at radius 3 is 2.65 bits per heavy atom.